The van der Waals surface area contributed by atoms with Crippen LogP contribution in [0.3, 0.4) is 0 Å². The molecule has 0 fully saturated rings. The fourth-order valence-corrected chi connectivity index (χ4v) is 1.81. The first-order valence-electron chi connectivity index (χ1n) is 6.54. The highest BCUT2D eigenvalue weighted by molar-refractivity contribution is 5.56. The molecule has 1 heterocycles. The number of aromatic nitrogens is 2. The van der Waals surface area contributed by atoms with Crippen LogP contribution in [0, 0.1) is 0 Å². The fraction of sp³-hybridized carbons (Fsp3) is 0.429. The van der Waals surface area contributed by atoms with E-state index in [9.17, 15) is 0 Å². The van der Waals surface area contributed by atoms with Crippen molar-refractivity contribution in [3.05, 3.63) is 30.2 Å². The zero-order valence-corrected chi connectivity index (χ0v) is 11.5. The molecule has 0 spiro atoms. The Kier molecular flexibility index (Phi) is 4.52. The summed E-state index contributed by atoms with van der Waals surface area (Å²) in [6, 6.07) is 7.74. The van der Waals surface area contributed by atoms with Crippen molar-refractivity contribution in [2.45, 2.75) is 26.8 Å². The Morgan fingerprint density at radius 1 is 1.37 bits per heavy atom. The van der Waals surface area contributed by atoms with Crippen molar-refractivity contribution >= 4 is 0 Å². The molecule has 0 aliphatic rings. The van der Waals surface area contributed by atoms with Gasteiger partial charge in [0.1, 0.15) is 5.75 Å². The summed E-state index contributed by atoms with van der Waals surface area (Å²) < 4.78 is 10.7. The van der Waals surface area contributed by atoms with E-state index in [0.29, 0.717) is 18.3 Å². The number of hydrogen-bond acceptors (Lipinski definition) is 5. The molecule has 0 aliphatic heterocycles. The summed E-state index contributed by atoms with van der Waals surface area (Å²) in [5, 5.41) is 7.25. The van der Waals surface area contributed by atoms with Gasteiger partial charge in [0, 0.05) is 5.56 Å². The lowest BCUT2D eigenvalue weighted by Crippen LogP contribution is -2.17. The van der Waals surface area contributed by atoms with E-state index in [4.69, 9.17) is 9.26 Å². The first-order chi connectivity index (χ1) is 9.24. The highest BCUT2D eigenvalue weighted by Crippen LogP contribution is 2.22. The highest BCUT2D eigenvalue weighted by atomic mass is 16.5. The van der Waals surface area contributed by atoms with Crippen molar-refractivity contribution in [3.63, 3.8) is 0 Å². The number of ether oxygens (including phenoxy) is 1. The fourth-order valence-electron chi connectivity index (χ4n) is 1.81. The molecule has 0 bridgehead atoms. The van der Waals surface area contributed by atoms with E-state index in [-0.39, 0.29) is 6.04 Å². The van der Waals surface area contributed by atoms with Crippen molar-refractivity contribution in [2.24, 2.45) is 0 Å². The second-order valence-corrected chi connectivity index (χ2v) is 4.20. The van der Waals surface area contributed by atoms with E-state index in [0.717, 1.165) is 17.9 Å². The van der Waals surface area contributed by atoms with Gasteiger partial charge in [-0.3, -0.25) is 0 Å². The van der Waals surface area contributed by atoms with Crippen LogP contribution in [0.1, 0.15) is 32.7 Å². The Labute approximate surface area is 113 Å². The van der Waals surface area contributed by atoms with Crippen LogP contribution >= 0.6 is 0 Å². The van der Waals surface area contributed by atoms with Gasteiger partial charge in [-0.05, 0) is 32.5 Å². The summed E-state index contributed by atoms with van der Waals surface area (Å²) in [6.07, 6.45) is 0. The summed E-state index contributed by atoms with van der Waals surface area (Å²) in [4.78, 5) is 4.40. The van der Waals surface area contributed by atoms with Crippen molar-refractivity contribution in [3.8, 4) is 17.1 Å². The molecule has 1 N–H and O–H groups in total. The average molecular weight is 261 g/mol. The Morgan fingerprint density at radius 2 is 2.21 bits per heavy atom. The molecule has 1 atom stereocenters. The first kappa shape index (κ1) is 13.5. The van der Waals surface area contributed by atoms with Gasteiger partial charge in [0.15, 0.2) is 0 Å². The maximum Gasteiger partial charge on any atom is 0.243 e. The van der Waals surface area contributed by atoms with Crippen LogP contribution in [0.5, 0.6) is 5.75 Å². The van der Waals surface area contributed by atoms with Crippen LogP contribution in [0.4, 0.5) is 0 Å². The van der Waals surface area contributed by atoms with Crippen molar-refractivity contribution in [1.82, 2.24) is 15.5 Å². The molecule has 19 heavy (non-hydrogen) atoms. The van der Waals surface area contributed by atoms with Crippen LogP contribution in [0.25, 0.3) is 11.4 Å². The lowest BCUT2D eigenvalue weighted by Gasteiger charge is -2.05. The third kappa shape index (κ3) is 3.32. The van der Waals surface area contributed by atoms with Gasteiger partial charge in [-0.1, -0.05) is 24.2 Å². The van der Waals surface area contributed by atoms with Gasteiger partial charge in [-0.2, -0.15) is 4.98 Å². The summed E-state index contributed by atoms with van der Waals surface area (Å²) in [5.74, 6) is 1.99. The minimum absolute atomic E-state index is 0.0568. The number of rotatable bonds is 6. The van der Waals surface area contributed by atoms with Crippen molar-refractivity contribution in [1.29, 1.82) is 0 Å². The van der Waals surface area contributed by atoms with Crippen molar-refractivity contribution < 1.29 is 9.26 Å². The van der Waals surface area contributed by atoms with E-state index < -0.39 is 0 Å². The van der Waals surface area contributed by atoms with Gasteiger partial charge in [0.2, 0.25) is 11.7 Å². The molecule has 2 rings (SSSR count). The number of nitrogens with one attached hydrogen (secondary N) is 1. The lowest BCUT2D eigenvalue weighted by atomic mass is 10.2. The number of hydrogen-bond donors (Lipinski definition) is 1. The second kappa shape index (κ2) is 6.33. The smallest absolute Gasteiger partial charge is 0.243 e. The minimum Gasteiger partial charge on any atom is -0.494 e. The van der Waals surface area contributed by atoms with Gasteiger partial charge in [0.25, 0.3) is 0 Å². The van der Waals surface area contributed by atoms with E-state index in [1.807, 2.05) is 45.0 Å². The predicted octanol–water partition coefficient (Wildman–Crippen LogP) is 2.81. The molecular weight excluding hydrogens is 242 g/mol. The van der Waals surface area contributed by atoms with E-state index in [1.165, 1.54) is 0 Å². The normalized spacial score (nSPS) is 12.4. The second-order valence-electron chi connectivity index (χ2n) is 4.20. The van der Waals surface area contributed by atoms with Crippen LogP contribution in [0.15, 0.2) is 28.8 Å². The molecule has 0 aliphatic carbocycles. The zero-order chi connectivity index (χ0) is 13.7. The van der Waals surface area contributed by atoms with Crippen LogP contribution in [0.2, 0.25) is 0 Å². The van der Waals surface area contributed by atoms with E-state index in [2.05, 4.69) is 15.5 Å². The van der Waals surface area contributed by atoms with Crippen LogP contribution < -0.4 is 10.1 Å². The highest BCUT2D eigenvalue weighted by Gasteiger charge is 2.14. The zero-order valence-electron chi connectivity index (χ0n) is 11.5. The van der Waals surface area contributed by atoms with Gasteiger partial charge >= 0.3 is 0 Å². The Balaban J connectivity index is 2.20. The van der Waals surface area contributed by atoms with Gasteiger partial charge in [-0.15, -0.1) is 0 Å². The Hall–Kier alpha value is -1.88. The predicted molar refractivity (Wildman–Crippen MR) is 73.0 cm³/mol. The van der Waals surface area contributed by atoms with E-state index in [1.54, 1.807) is 0 Å². The van der Waals surface area contributed by atoms with Gasteiger partial charge in [-0.25, -0.2) is 0 Å². The summed E-state index contributed by atoms with van der Waals surface area (Å²) in [5.41, 5.74) is 0.893. The topological polar surface area (TPSA) is 60.2 Å². The molecule has 0 amide bonds. The summed E-state index contributed by atoms with van der Waals surface area (Å²) in [6.45, 7) is 7.49. The molecule has 1 aromatic carbocycles. The summed E-state index contributed by atoms with van der Waals surface area (Å²) >= 11 is 0. The third-order valence-electron chi connectivity index (χ3n) is 2.73. The van der Waals surface area contributed by atoms with E-state index >= 15 is 0 Å². The lowest BCUT2D eigenvalue weighted by molar-refractivity contribution is 0.340. The molecule has 0 radical (unpaired) electrons. The molecule has 0 saturated carbocycles. The maximum absolute atomic E-state index is 5.46. The maximum atomic E-state index is 5.46. The average Bonchev–Trinajstić information content (AvgIpc) is 2.89. The summed E-state index contributed by atoms with van der Waals surface area (Å²) in [7, 11) is 0. The molecule has 2 aromatic rings. The molecule has 102 valence electrons. The monoisotopic (exact) mass is 261 g/mol. The van der Waals surface area contributed by atoms with Crippen LogP contribution in [-0.2, 0) is 0 Å². The largest absolute Gasteiger partial charge is 0.494 e. The molecule has 1 unspecified atom stereocenters. The third-order valence-corrected chi connectivity index (χ3v) is 2.73. The minimum atomic E-state index is 0.0568. The molecule has 5 nitrogen and oxygen atoms in total. The molecule has 1 aromatic heterocycles. The first-order valence-corrected chi connectivity index (χ1v) is 6.54. The molecular formula is C14H19N3O2. The Morgan fingerprint density at radius 3 is 2.95 bits per heavy atom. The van der Waals surface area contributed by atoms with Gasteiger partial charge in [0.05, 0.1) is 12.6 Å². The van der Waals surface area contributed by atoms with Gasteiger partial charge < -0.3 is 14.6 Å². The SMILES string of the molecule is CCNC(C)c1nc(-c2cccc(OCC)c2)no1. The number of benzene rings is 1. The van der Waals surface area contributed by atoms with Crippen LogP contribution in [-0.4, -0.2) is 23.3 Å². The standard InChI is InChI=1S/C14H19N3O2/c1-4-15-10(3)14-16-13(17-19-14)11-7-6-8-12(9-11)18-5-2/h6-10,15H,4-5H2,1-3H3. The Bertz CT molecular complexity index is 525. The number of nitrogens with zero attached hydrogens (tertiary/aromatic N) is 2. The van der Waals surface area contributed by atoms with Crippen molar-refractivity contribution in [2.75, 3.05) is 13.2 Å². The molecule has 5 heteroatoms. The molecule has 0 saturated heterocycles. The quantitative estimate of drug-likeness (QED) is 0.866.